The van der Waals surface area contributed by atoms with Gasteiger partial charge in [0.15, 0.2) is 0 Å². The van der Waals surface area contributed by atoms with E-state index in [1.54, 1.807) is 11.8 Å². The van der Waals surface area contributed by atoms with Gasteiger partial charge in [-0.1, -0.05) is 6.92 Å². The molecule has 0 aromatic rings. The molecule has 2 aliphatic heterocycles. The van der Waals surface area contributed by atoms with Crippen LogP contribution in [0.5, 0.6) is 0 Å². The van der Waals surface area contributed by atoms with Crippen molar-refractivity contribution in [3.8, 4) is 0 Å². The van der Waals surface area contributed by atoms with Crippen molar-refractivity contribution in [1.82, 2.24) is 15.1 Å². The van der Waals surface area contributed by atoms with E-state index in [-0.39, 0.29) is 12.6 Å². The first-order valence-corrected chi connectivity index (χ1v) is 6.38. The molecule has 6 heteroatoms. The summed E-state index contributed by atoms with van der Waals surface area (Å²) >= 11 is 0. The van der Waals surface area contributed by atoms with E-state index in [2.05, 4.69) is 12.2 Å². The van der Waals surface area contributed by atoms with E-state index in [9.17, 15) is 14.4 Å². The summed E-state index contributed by atoms with van der Waals surface area (Å²) in [5.41, 5.74) is 0. The molecule has 100 valence electrons. The Hall–Kier alpha value is -1.59. The molecule has 6 nitrogen and oxygen atoms in total. The molecular weight excluding hydrogens is 234 g/mol. The lowest BCUT2D eigenvalue weighted by Crippen LogP contribution is -2.61. The number of nitrogens with one attached hydrogen (secondary N) is 1. The molecule has 4 amide bonds. The topological polar surface area (TPSA) is 69.7 Å². The lowest BCUT2D eigenvalue weighted by Gasteiger charge is -2.38. The zero-order valence-corrected chi connectivity index (χ0v) is 10.8. The fourth-order valence-electron chi connectivity index (χ4n) is 2.49. The van der Waals surface area contributed by atoms with Crippen molar-refractivity contribution >= 4 is 17.8 Å². The fourth-order valence-corrected chi connectivity index (χ4v) is 2.49. The van der Waals surface area contributed by atoms with E-state index in [4.69, 9.17) is 0 Å². The van der Waals surface area contributed by atoms with Gasteiger partial charge in [0, 0.05) is 13.1 Å². The van der Waals surface area contributed by atoms with Crippen LogP contribution >= 0.6 is 0 Å². The van der Waals surface area contributed by atoms with Gasteiger partial charge in [0.2, 0.25) is 11.8 Å². The third kappa shape index (κ3) is 2.47. The Morgan fingerprint density at radius 2 is 2.06 bits per heavy atom. The zero-order valence-electron chi connectivity index (χ0n) is 10.8. The summed E-state index contributed by atoms with van der Waals surface area (Å²) < 4.78 is 0. The highest BCUT2D eigenvalue weighted by atomic mass is 16.2. The summed E-state index contributed by atoms with van der Waals surface area (Å²) in [4.78, 5) is 38.3. The monoisotopic (exact) mass is 253 g/mol. The number of imide groups is 1. The largest absolute Gasteiger partial charge is 0.324 e. The average molecular weight is 253 g/mol. The van der Waals surface area contributed by atoms with Crippen LogP contribution in [0, 0.1) is 5.92 Å². The quantitative estimate of drug-likeness (QED) is 0.626. The second-order valence-corrected chi connectivity index (χ2v) is 5.19. The SMILES string of the molecule is CC1CCCN(C(=O)N2CC(=O)NC(=O)C2C)C1. The van der Waals surface area contributed by atoms with Gasteiger partial charge in [0.25, 0.3) is 0 Å². The second-order valence-electron chi connectivity index (χ2n) is 5.19. The molecule has 2 aliphatic rings. The molecule has 0 aliphatic carbocycles. The third-order valence-electron chi connectivity index (χ3n) is 3.60. The summed E-state index contributed by atoms with van der Waals surface area (Å²) in [6, 6.07) is -0.773. The minimum atomic E-state index is -0.576. The van der Waals surface area contributed by atoms with E-state index >= 15 is 0 Å². The summed E-state index contributed by atoms with van der Waals surface area (Å²) in [5.74, 6) is -0.325. The van der Waals surface area contributed by atoms with Gasteiger partial charge >= 0.3 is 6.03 Å². The fraction of sp³-hybridized carbons (Fsp3) is 0.750. The molecule has 1 N–H and O–H groups in total. The van der Waals surface area contributed by atoms with Crippen molar-refractivity contribution in [2.45, 2.75) is 32.7 Å². The van der Waals surface area contributed by atoms with Crippen molar-refractivity contribution in [2.24, 2.45) is 5.92 Å². The van der Waals surface area contributed by atoms with Crippen LogP contribution in [-0.2, 0) is 9.59 Å². The Kier molecular flexibility index (Phi) is 3.54. The lowest BCUT2D eigenvalue weighted by atomic mass is 10.0. The van der Waals surface area contributed by atoms with Gasteiger partial charge < -0.3 is 9.80 Å². The first-order chi connectivity index (χ1) is 8.49. The summed E-state index contributed by atoms with van der Waals surface area (Å²) in [5, 5.41) is 2.24. The highest BCUT2D eigenvalue weighted by Gasteiger charge is 2.36. The molecule has 0 bridgehead atoms. The highest BCUT2D eigenvalue weighted by molar-refractivity contribution is 6.03. The van der Waals surface area contributed by atoms with Gasteiger partial charge in [-0.3, -0.25) is 14.9 Å². The summed E-state index contributed by atoms with van der Waals surface area (Å²) in [6.07, 6.45) is 2.11. The minimum absolute atomic E-state index is 0.0311. The number of likely N-dealkylation sites (tertiary alicyclic amines) is 1. The molecular formula is C12H19N3O3. The van der Waals surface area contributed by atoms with Crippen molar-refractivity contribution in [2.75, 3.05) is 19.6 Å². The predicted octanol–water partition coefficient (Wildman–Crippen LogP) is 0.185. The number of hydrogen-bond donors (Lipinski definition) is 1. The number of piperidine rings is 1. The van der Waals surface area contributed by atoms with E-state index in [0.717, 1.165) is 12.8 Å². The van der Waals surface area contributed by atoms with Crippen LogP contribution in [0.3, 0.4) is 0 Å². The number of carbonyl (C=O) groups excluding carboxylic acids is 3. The first-order valence-electron chi connectivity index (χ1n) is 6.38. The standard InChI is InChI=1S/C12H19N3O3/c1-8-4-3-5-14(6-8)12(18)15-7-10(16)13-11(17)9(15)2/h8-9H,3-7H2,1-2H3,(H,13,16,17). The van der Waals surface area contributed by atoms with Gasteiger partial charge in [0.1, 0.15) is 12.6 Å². The Morgan fingerprint density at radius 3 is 2.72 bits per heavy atom. The minimum Gasteiger partial charge on any atom is -0.324 e. The molecule has 0 saturated carbocycles. The third-order valence-corrected chi connectivity index (χ3v) is 3.60. The van der Waals surface area contributed by atoms with Crippen LogP contribution in [0.1, 0.15) is 26.7 Å². The van der Waals surface area contributed by atoms with Crippen LogP contribution in [0.15, 0.2) is 0 Å². The predicted molar refractivity (Wildman–Crippen MR) is 64.7 cm³/mol. The number of rotatable bonds is 0. The molecule has 0 spiro atoms. The second kappa shape index (κ2) is 4.96. The van der Waals surface area contributed by atoms with Gasteiger partial charge in [-0.25, -0.2) is 4.79 Å². The Balaban J connectivity index is 2.07. The molecule has 2 atom stereocenters. The highest BCUT2D eigenvalue weighted by Crippen LogP contribution is 2.18. The Bertz CT molecular complexity index is 383. The van der Waals surface area contributed by atoms with Crippen LogP contribution in [0.4, 0.5) is 4.79 Å². The Labute approximate surface area is 106 Å². The smallest absolute Gasteiger partial charge is 0.321 e. The summed E-state index contributed by atoms with van der Waals surface area (Å²) in [7, 11) is 0. The number of amides is 4. The van der Waals surface area contributed by atoms with Crippen molar-refractivity contribution in [1.29, 1.82) is 0 Å². The molecule has 2 heterocycles. The number of urea groups is 1. The van der Waals surface area contributed by atoms with Crippen LogP contribution < -0.4 is 5.32 Å². The van der Waals surface area contributed by atoms with Crippen LogP contribution in [-0.4, -0.2) is 53.3 Å². The number of hydrogen-bond acceptors (Lipinski definition) is 3. The molecule has 2 rings (SSSR count). The summed E-state index contributed by atoms with van der Waals surface area (Å²) in [6.45, 7) is 5.14. The Morgan fingerprint density at radius 1 is 1.33 bits per heavy atom. The maximum atomic E-state index is 12.3. The van der Waals surface area contributed by atoms with Gasteiger partial charge in [0.05, 0.1) is 0 Å². The molecule has 0 aromatic heterocycles. The number of carbonyl (C=O) groups is 3. The molecule has 0 aromatic carbocycles. The van der Waals surface area contributed by atoms with Gasteiger partial charge in [-0.05, 0) is 25.7 Å². The van der Waals surface area contributed by atoms with E-state index in [1.165, 1.54) is 4.90 Å². The first kappa shape index (κ1) is 12.9. The molecule has 2 saturated heterocycles. The van der Waals surface area contributed by atoms with Crippen LogP contribution in [0.2, 0.25) is 0 Å². The van der Waals surface area contributed by atoms with E-state index in [1.807, 2.05) is 0 Å². The molecule has 0 radical (unpaired) electrons. The lowest BCUT2D eigenvalue weighted by molar-refractivity contribution is -0.138. The van der Waals surface area contributed by atoms with Gasteiger partial charge in [-0.2, -0.15) is 0 Å². The van der Waals surface area contributed by atoms with Crippen LogP contribution in [0.25, 0.3) is 0 Å². The molecule has 2 unspecified atom stereocenters. The van der Waals surface area contributed by atoms with E-state index < -0.39 is 17.9 Å². The number of piperazine rings is 1. The van der Waals surface area contributed by atoms with E-state index in [0.29, 0.717) is 19.0 Å². The average Bonchev–Trinajstić information content (AvgIpc) is 2.33. The van der Waals surface area contributed by atoms with Gasteiger partial charge in [-0.15, -0.1) is 0 Å². The maximum absolute atomic E-state index is 12.3. The maximum Gasteiger partial charge on any atom is 0.321 e. The number of nitrogens with zero attached hydrogens (tertiary/aromatic N) is 2. The van der Waals surface area contributed by atoms with Crippen molar-refractivity contribution < 1.29 is 14.4 Å². The van der Waals surface area contributed by atoms with Crippen molar-refractivity contribution in [3.05, 3.63) is 0 Å². The molecule has 2 fully saturated rings. The van der Waals surface area contributed by atoms with Crippen molar-refractivity contribution in [3.63, 3.8) is 0 Å². The normalized spacial score (nSPS) is 29.2. The zero-order chi connectivity index (χ0) is 13.3. The molecule has 18 heavy (non-hydrogen) atoms.